The van der Waals surface area contributed by atoms with E-state index in [1.807, 2.05) is 0 Å². The second-order valence-electron chi connectivity index (χ2n) is 9.45. The average molecular weight is 647 g/mol. The Balaban J connectivity index is 1.33. The summed E-state index contributed by atoms with van der Waals surface area (Å²) in [5, 5.41) is 0. The molecule has 6 rings (SSSR count). The number of nitrogens with zero attached hydrogens (tertiary/aromatic N) is 5. The first kappa shape index (κ1) is 29.6. The molecule has 0 aromatic carbocycles. The standard InChI is InChI=1S/C20H25N7O12P2S/c1-33-14-11-6-34-40(30,31)38-10-4-9(36-18(10)27-8-24-13-16(21)22-7-23-17(13)27)5-35-41(32,42)39-15(14)19(37-11)26-3-2-12(28)25-20(26)29/h2-3,7-11,14-15,18-19H,4-6H2,1H3,(H,30,31)(H,32,42)(H2,21,22,23)(H,25,28,29)/p-2/t9-,10+,11+,14+,15+,18+,19+,41?/m0/s1. The molecular formula is C20H23N7O12P2S-2. The lowest BCUT2D eigenvalue weighted by Crippen LogP contribution is -2.40. The second-order valence-corrected chi connectivity index (χ2v) is 13.5. The lowest BCUT2D eigenvalue weighted by molar-refractivity contribution is -0.235. The highest BCUT2D eigenvalue weighted by atomic mass is 32.5. The highest BCUT2D eigenvalue weighted by Crippen LogP contribution is 2.51. The molecule has 0 spiro atoms. The van der Waals surface area contributed by atoms with Crippen LogP contribution in [0.1, 0.15) is 18.9 Å². The van der Waals surface area contributed by atoms with Crippen molar-refractivity contribution in [3.05, 3.63) is 45.8 Å². The molecule has 9 atom stereocenters. The SMILES string of the molecule is CO[C@H]1[C@H]2OP([O-])(=S)OC[C@@H]3C[C@@H](OP(=O)([O-])OC[C@H]1O[C@H]2n1ccc(=O)[nH]c1=O)[C@H](n1cnc2c(N)ncnc21)O3. The maximum Gasteiger partial charge on any atom is 0.330 e. The molecule has 19 nitrogen and oxygen atoms in total. The van der Waals surface area contributed by atoms with E-state index in [0.29, 0.717) is 0 Å². The van der Waals surface area contributed by atoms with Crippen molar-refractivity contribution in [1.29, 1.82) is 0 Å². The molecule has 22 heteroatoms. The van der Waals surface area contributed by atoms with Crippen molar-refractivity contribution in [2.75, 3.05) is 26.1 Å². The first-order valence-electron chi connectivity index (χ1n) is 12.3. The van der Waals surface area contributed by atoms with Crippen LogP contribution >= 0.6 is 14.5 Å². The molecule has 42 heavy (non-hydrogen) atoms. The maximum atomic E-state index is 13.3. The number of nitrogens with one attached hydrogen (secondary N) is 1. The van der Waals surface area contributed by atoms with Gasteiger partial charge in [-0.3, -0.25) is 23.5 Å². The molecular weight excluding hydrogens is 624 g/mol. The molecule has 3 fully saturated rings. The van der Waals surface area contributed by atoms with Crippen LogP contribution in [-0.4, -0.2) is 79.9 Å². The van der Waals surface area contributed by atoms with Gasteiger partial charge in [-0.2, -0.15) is 0 Å². The highest BCUT2D eigenvalue weighted by Gasteiger charge is 2.49. The van der Waals surface area contributed by atoms with Crippen LogP contribution in [0.25, 0.3) is 11.2 Å². The first-order valence-corrected chi connectivity index (χ1v) is 16.3. The van der Waals surface area contributed by atoms with Gasteiger partial charge in [0.1, 0.15) is 43.0 Å². The Kier molecular flexibility index (Phi) is 7.92. The molecule has 0 saturated carbocycles. The van der Waals surface area contributed by atoms with Crippen molar-refractivity contribution in [3.8, 4) is 0 Å². The van der Waals surface area contributed by atoms with Crippen molar-refractivity contribution in [3.63, 3.8) is 0 Å². The lowest BCUT2D eigenvalue weighted by atomic mass is 10.1. The monoisotopic (exact) mass is 647 g/mol. The van der Waals surface area contributed by atoms with Crippen LogP contribution in [0.15, 0.2) is 34.5 Å². The van der Waals surface area contributed by atoms with E-state index in [0.717, 1.165) is 16.8 Å². The second kappa shape index (κ2) is 11.2. The van der Waals surface area contributed by atoms with Gasteiger partial charge in [0.05, 0.1) is 25.6 Å². The summed E-state index contributed by atoms with van der Waals surface area (Å²) in [6, 6.07) is 1.05. The van der Waals surface area contributed by atoms with E-state index in [-0.39, 0.29) is 23.4 Å². The number of imidazole rings is 1. The van der Waals surface area contributed by atoms with Gasteiger partial charge in [-0.25, -0.2) is 19.7 Å². The molecule has 2 unspecified atom stereocenters. The van der Waals surface area contributed by atoms with Crippen LogP contribution in [-0.2, 0) is 48.7 Å². The van der Waals surface area contributed by atoms with Crippen LogP contribution in [0.4, 0.5) is 5.82 Å². The molecule has 3 N–H and O–H groups in total. The fourth-order valence-electron chi connectivity index (χ4n) is 5.03. The minimum atomic E-state index is -5.05. The van der Waals surface area contributed by atoms with Crippen molar-refractivity contribution in [2.45, 2.75) is 49.4 Å². The van der Waals surface area contributed by atoms with Gasteiger partial charge in [-0.05, 0) is 0 Å². The zero-order valence-corrected chi connectivity index (χ0v) is 24.1. The van der Waals surface area contributed by atoms with E-state index in [9.17, 15) is 23.9 Å². The third kappa shape index (κ3) is 5.73. The molecule has 0 radical (unpaired) electrons. The molecule has 0 amide bonds. The van der Waals surface area contributed by atoms with E-state index in [4.69, 9.17) is 49.8 Å². The Bertz CT molecular complexity index is 1700. The minimum absolute atomic E-state index is 0.0602. The van der Waals surface area contributed by atoms with E-state index in [2.05, 4.69) is 19.9 Å². The quantitative estimate of drug-likeness (QED) is 0.292. The topological polar surface area (TPSA) is 252 Å². The Morgan fingerprint density at radius 3 is 2.67 bits per heavy atom. The van der Waals surface area contributed by atoms with Crippen molar-refractivity contribution >= 4 is 43.3 Å². The summed E-state index contributed by atoms with van der Waals surface area (Å²) in [6.07, 6.45) is -4.65. The Morgan fingerprint density at radius 1 is 1.10 bits per heavy atom. The summed E-state index contributed by atoms with van der Waals surface area (Å²) in [5.74, 6) is 0.0969. The number of fused-ring (bicyclic) bond motifs is 5. The molecule has 3 aliphatic heterocycles. The van der Waals surface area contributed by atoms with Gasteiger partial charge in [-0.1, -0.05) is 11.8 Å². The molecule has 3 saturated heterocycles. The van der Waals surface area contributed by atoms with Gasteiger partial charge in [0.2, 0.25) is 0 Å². The number of nitrogen functional groups attached to an aromatic ring is 1. The molecule has 4 bridgehead atoms. The summed E-state index contributed by atoms with van der Waals surface area (Å²) >= 11 is 5.14. The van der Waals surface area contributed by atoms with Crippen molar-refractivity contribution < 1.29 is 46.7 Å². The zero-order valence-electron chi connectivity index (χ0n) is 21.5. The maximum absolute atomic E-state index is 13.3. The number of aromatic nitrogens is 6. The van der Waals surface area contributed by atoms with Crippen LogP contribution < -0.4 is 26.8 Å². The summed E-state index contributed by atoms with van der Waals surface area (Å²) in [5.41, 5.74) is 4.81. The largest absolute Gasteiger partial charge is 0.780 e. The molecule has 3 aromatic rings. The predicted molar refractivity (Wildman–Crippen MR) is 138 cm³/mol. The number of H-pyrrole nitrogens is 1. The number of phosphoric acid groups is 1. The Labute approximate surface area is 240 Å². The number of ether oxygens (including phenoxy) is 3. The molecule has 228 valence electrons. The number of hydrogen-bond donors (Lipinski definition) is 2. The van der Waals surface area contributed by atoms with Gasteiger partial charge < -0.3 is 47.8 Å². The predicted octanol–water partition coefficient (Wildman–Crippen LogP) is -1.97. The third-order valence-corrected chi connectivity index (χ3v) is 9.36. The van der Waals surface area contributed by atoms with Crippen LogP contribution in [0, 0.1) is 0 Å². The molecule has 0 aliphatic carbocycles. The average Bonchev–Trinajstić information content (AvgIpc) is 3.61. The highest BCUT2D eigenvalue weighted by molar-refractivity contribution is 8.06. The summed E-state index contributed by atoms with van der Waals surface area (Å²) in [7, 11) is -3.80. The molecule has 3 aromatic heterocycles. The van der Waals surface area contributed by atoms with Gasteiger partial charge in [0.15, 0.2) is 23.9 Å². The number of nitrogens with two attached hydrogens (primary N) is 1. The van der Waals surface area contributed by atoms with Gasteiger partial charge in [0.25, 0.3) is 13.4 Å². The molecule has 6 heterocycles. The van der Waals surface area contributed by atoms with Gasteiger partial charge in [0, 0.05) is 25.8 Å². The fourth-order valence-corrected chi connectivity index (χ4v) is 7.35. The Hall–Kier alpha value is -2.45. The van der Waals surface area contributed by atoms with Gasteiger partial charge >= 0.3 is 5.69 Å². The van der Waals surface area contributed by atoms with Crippen LogP contribution in [0.3, 0.4) is 0 Å². The lowest BCUT2D eigenvalue weighted by Gasteiger charge is -2.35. The Morgan fingerprint density at radius 2 is 1.90 bits per heavy atom. The van der Waals surface area contributed by atoms with Crippen LogP contribution in [0.2, 0.25) is 0 Å². The summed E-state index contributed by atoms with van der Waals surface area (Å²) in [4.78, 5) is 64.8. The van der Waals surface area contributed by atoms with E-state index in [1.54, 1.807) is 0 Å². The van der Waals surface area contributed by atoms with E-state index < -0.39 is 82.0 Å². The first-order chi connectivity index (χ1) is 19.9. The zero-order chi connectivity index (χ0) is 29.8. The summed E-state index contributed by atoms with van der Waals surface area (Å²) < 4.78 is 54.4. The number of aromatic amines is 1. The van der Waals surface area contributed by atoms with Crippen molar-refractivity contribution in [2.24, 2.45) is 0 Å². The minimum Gasteiger partial charge on any atom is -0.780 e. The van der Waals surface area contributed by atoms with Crippen LogP contribution in [0.5, 0.6) is 0 Å². The smallest absolute Gasteiger partial charge is 0.330 e. The third-order valence-electron chi connectivity index (χ3n) is 6.82. The van der Waals surface area contributed by atoms with E-state index in [1.165, 1.54) is 24.3 Å². The number of rotatable bonds is 3. The number of phosphoric ester groups is 1. The van der Waals surface area contributed by atoms with Gasteiger partial charge in [-0.15, -0.1) is 0 Å². The molecule has 3 aliphatic rings. The fraction of sp³-hybridized carbons (Fsp3) is 0.550. The number of hydrogen-bond acceptors (Lipinski definition) is 17. The normalized spacial score (nSPS) is 37.5. The van der Waals surface area contributed by atoms with Crippen molar-refractivity contribution in [1.82, 2.24) is 29.1 Å². The van der Waals surface area contributed by atoms with E-state index >= 15 is 0 Å². The summed E-state index contributed by atoms with van der Waals surface area (Å²) in [6.45, 7) is -5.38. The number of anilines is 1. The number of methoxy groups -OCH3 is 1.